The van der Waals surface area contributed by atoms with Crippen LogP contribution < -0.4 is 0 Å². The standard InChI is InChI=1S/C22H20F3NO2/c1-12-5-6-16(9-13(12)2)17-7-8-20(19(11-17)22(23,24)25)26-14(3)10-18(15(26)4)21(27)28/h5-11H,1-4H3,(H,27,28). The molecule has 0 aliphatic heterocycles. The SMILES string of the molecule is Cc1ccc(-c2ccc(-n3c(C)cc(C(=O)O)c3C)c(C(F)(F)F)c2)cc1C. The fraction of sp³-hybridized carbons (Fsp3) is 0.227. The Morgan fingerprint density at radius 1 is 0.893 bits per heavy atom. The van der Waals surface area contributed by atoms with Crippen molar-refractivity contribution in [2.45, 2.75) is 33.9 Å². The first-order chi connectivity index (χ1) is 13.0. The highest BCUT2D eigenvalue weighted by Gasteiger charge is 2.35. The number of nitrogens with zero attached hydrogens (tertiary/aromatic N) is 1. The molecule has 3 aromatic rings. The largest absolute Gasteiger partial charge is 0.478 e. The summed E-state index contributed by atoms with van der Waals surface area (Å²) in [6.45, 7) is 6.96. The highest BCUT2D eigenvalue weighted by Crippen LogP contribution is 2.38. The van der Waals surface area contributed by atoms with Crippen molar-refractivity contribution in [1.82, 2.24) is 4.57 Å². The zero-order valence-corrected chi connectivity index (χ0v) is 16.0. The molecule has 0 aliphatic carbocycles. The molecule has 146 valence electrons. The number of hydrogen-bond acceptors (Lipinski definition) is 1. The minimum atomic E-state index is -4.59. The number of aromatic carboxylic acids is 1. The van der Waals surface area contributed by atoms with Crippen LogP contribution in [0.5, 0.6) is 0 Å². The Kier molecular flexibility index (Phi) is 4.83. The van der Waals surface area contributed by atoms with Crippen LogP contribution >= 0.6 is 0 Å². The number of carboxylic acid groups (broad SMARTS) is 1. The molecule has 3 rings (SSSR count). The van der Waals surface area contributed by atoms with Crippen molar-refractivity contribution in [1.29, 1.82) is 0 Å². The summed E-state index contributed by atoms with van der Waals surface area (Å²) >= 11 is 0. The second-order valence-electron chi connectivity index (χ2n) is 6.95. The molecular weight excluding hydrogens is 367 g/mol. The number of carbonyl (C=O) groups is 1. The first-order valence-electron chi connectivity index (χ1n) is 8.72. The summed E-state index contributed by atoms with van der Waals surface area (Å²) in [5.41, 5.74) is 3.02. The molecule has 1 N–H and O–H groups in total. The van der Waals surface area contributed by atoms with Gasteiger partial charge in [0.05, 0.1) is 16.8 Å². The summed E-state index contributed by atoms with van der Waals surface area (Å²) < 4.78 is 43.0. The van der Waals surface area contributed by atoms with E-state index in [1.165, 1.54) is 23.6 Å². The van der Waals surface area contributed by atoms with Gasteiger partial charge >= 0.3 is 12.1 Å². The summed E-state index contributed by atoms with van der Waals surface area (Å²) in [5.74, 6) is -1.17. The van der Waals surface area contributed by atoms with Crippen molar-refractivity contribution in [3.05, 3.63) is 76.1 Å². The first-order valence-corrected chi connectivity index (χ1v) is 8.72. The maximum absolute atomic E-state index is 13.9. The summed E-state index contributed by atoms with van der Waals surface area (Å²) in [6, 6.07) is 11.1. The normalized spacial score (nSPS) is 11.7. The summed E-state index contributed by atoms with van der Waals surface area (Å²) in [7, 11) is 0. The Balaban J connectivity index is 2.24. The van der Waals surface area contributed by atoms with Gasteiger partial charge in [-0.25, -0.2) is 4.79 Å². The van der Waals surface area contributed by atoms with Crippen LogP contribution in [-0.2, 0) is 6.18 Å². The fourth-order valence-corrected chi connectivity index (χ4v) is 3.41. The highest BCUT2D eigenvalue weighted by atomic mass is 19.4. The van der Waals surface area contributed by atoms with Crippen LogP contribution in [0, 0.1) is 27.7 Å². The number of hydrogen-bond donors (Lipinski definition) is 1. The topological polar surface area (TPSA) is 42.2 Å². The molecule has 0 amide bonds. The molecule has 0 saturated carbocycles. The summed E-state index contributed by atoms with van der Waals surface area (Å²) in [6.07, 6.45) is -4.59. The van der Waals surface area contributed by atoms with Gasteiger partial charge in [0.15, 0.2) is 0 Å². The third-order valence-corrected chi connectivity index (χ3v) is 5.04. The second-order valence-corrected chi connectivity index (χ2v) is 6.95. The molecule has 1 heterocycles. The van der Waals surface area contributed by atoms with Crippen molar-refractivity contribution in [2.24, 2.45) is 0 Å². The average Bonchev–Trinajstić information content (AvgIpc) is 2.91. The van der Waals surface area contributed by atoms with Gasteiger partial charge in [0.25, 0.3) is 0 Å². The molecule has 0 bridgehead atoms. The van der Waals surface area contributed by atoms with Gasteiger partial charge in [-0.1, -0.05) is 24.3 Å². The molecule has 1 aromatic heterocycles. The maximum atomic E-state index is 13.9. The molecule has 6 heteroatoms. The quantitative estimate of drug-likeness (QED) is 0.590. The van der Waals surface area contributed by atoms with E-state index in [2.05, 4.69) is 0 Å². The third kappa shape index (κ3) is 3.42. The van der Waals surface area contributed by atoms with Gasteiger partial charge in [-0.05, 0) is 68.1 Å². The molecule has 0 fully saturated rings. The van der Waals surface area contributed by atoms with Crippen molar-refractivity contribution >= 4 is 5.97 Å². The zero-order valence-electron chi connectivity index (χ0n) is 16.0. The van der Waals surface area contributed by atoms with Gasteiger partial charge < -0.3 is 9.67 Å². The summed E-state index contributed by atoms with van der Waals surface area (Å²) in [4.78, 5) is 11.4. The maximum Gasteiger partial charge on any atom is 0.418 e. The molecule has 0 spiro atoms. The number of alkyl halides is 3. The van der Waals surface area contributed by atoms with E-state index in [9.17, 15) is 23.1 Å². The Morgan fingerprint density at radius 2 is 1.50 bits per heavy atom. The minimum absolute atomic E-state index is 0.0103. The molecular formula is C22H20F3NO2. The molecule has 0 atom stereocenters. The Hall–Kier alpha value is -3.02. The van der Waals surface area contributed by atoms with E-state index >= 15 is 0 Å². The molecule has 3 nitrogen and oxygen atoms in total. The van der Waals surface area contributed by atoms with Crippen molar-refractivity contribution in [3.63, 3.8) is 0 Å². The number of aromatic nitrogens is 1. The lowest BCUT2D eigenvalue weighted by Crippen LogP contribution is -2.13. The van der Waals surface area contributed by atoms with Crippen LogP contribution in [0.4, 0.5) is 13.2 Å². The zero-order chi connectivity index (χ0) is 20.8. The van der Waals surface area contributed by atoms with Gasteiger partial charge in [0.2, 0.25) is 0 Å². The van der Waals surface area contributed by atoms with E-state index in [0.29, 0.717) is 16.8 Å². The molecule has 0 radical (unpaired) electrons. The first kappa shape index (κ1) is 19.7. The Morgan fingerprint density at radius 3 is 2.04 bits per heavy atom. The number of rotatable bonds is 3. The number of halogens is 3. The van der Waals surface area contributed by atoms with E-state index in [1.54, 1.807) is 19.1 Å². The Labute approximate surface area is 161 Å². The van der Waals surface area contributed by atoms with E-state index in [0.717, 1.165) is 17.2 Å². The molecule has 2 aromatic carbocycles. The van der Waals surface area contributed by atoms with Gasteiger partial charge in [-0.2, -0.15) is 13.2 Å². The van der Waals surface area contributed by atoms with Crippen molar-refractivity contribution in [2.75, 3.05) is 0 Å². The van der Waals surface area contributed by atoms with Crippen LogP contribution in [0.3, 0.4) is 0 Å². The Bertz CT molecular complexity index is 1080. The van der Waals surface area contributed by atoms with Gasteiger partial charge in [-0.15, -0.1) is 0 Å². The van der Waals surface area contributed by atoms with Gasteiger partial charge in [0.1, 0.15) is 0 Å². The lowest BCUT2D eigenvalue weighted by molar-refractivity contribution is -0.137. The van der Waals surface area contributed by atoms with Crippen LogP contribution in [0.1, 0.15) is 38.4 Å². The van der Waals surface area contributed by atoms with Crippen LogP contribution in [0.2, 0.25) is 0 Å². The third-order valence-electron chi connectivity index (χ3n) is 5.04. The average molecular weight is 387 g/mol. The molecule has 0 unspecified atom stereocenters. The van der Waals surface area contributed by atoms with Crippen LogP contribution in [-0.4, -0.2) is 15.6 Å². The molecule has 0 saturated heterocycles. The minimum Gasteiger partial charge on any atom is -0.478 e. The van der Waals surface area contributed by atoms with Gasteiger partial charge in [-0.3, -0.25) is 0 Å². The van der Waals surface area contributed by atoms with Crippen molar-refractivity contribution in [3.8, 4) is 16.8 Å². The van der Waals surface area contributed by atoms with Gasteiger partial charge in [0, 0.05) is 11.4 Å². The number of aryl methyl sites for hydroxylation is 3. The van der Waals surface area contributed by atoms with Crippen LogP contribution in [0.25, 0.3) is 16.8 Å². The van der Waals surface area contributed by atoms with Crippen molar-refractivity contribution < 1.29 is 23.1 Å². The monoisotopic (exact) mass is 387 g/mol. The molecule has 28 heavy (non-hydrogen) atoms. The lowest BCUT2D eigenvalue weighted by atomic mass is 9.98. The smallest absolute Gasteiger partial charge is 0.418 e. The summed E-state index contributed by atoms with van der Waals surface area (Å²) in [5, 5.41) is 9.29. The predicted molar refractivity (Wildman–Crippen MR) is 102 cm³/mol. The van der Waals surface area contributed by atoms with E-state index in [4.69, 9.17) is 0 Å². The van der Waals surface area contributed by atoms with E-state index in [-0.39, 0.29) is 16.9 Å². The highest BCUT2D eigenvalue weighted by molar-refractivity contribution is 5.89. The van der Waals surface area contributed by atoms with Crippen LogP contribution in [0.15, 0.2) is 42.5 Å². The predicted octanol–water partition coefficient (Wildman–Crippen LogP) is 6.09. The van der Waals surface area contributed by atoms with E-state index in [1.807, 2.05) is 26.0 Å². The molecule has 0 aliphatic rings. The van der Waals surface area contributed by atoms with E-state index < -0.39 is 17.7 Å². The fourth-order valence-electron chi connectivity index (χ4n) is 3.41. The number of carboxylic acids is 1. The second kappa shape index (κ2) is 6.86. The number of benzene rings is 2. The lowest BCUT2D eigenvalue weighted by Gasteiger charge is -2.18.